The molecule has 0 unspecified atom stereocenters. The number of ether oxygens (including phenoxy) is 2. The Bertz CT molecular complexity index is 800. The van der Waals surface area contributed by atoms with E-state index in [1.807, 2.05) is 4.90 Å². The lowest BCUT2D eigenvalue weighted by atomic mass is 10.3. The molecule has 1 aliphatic heterocycles. The number of hydrogen-bond donors (Lipinski definition) is 1. The molecule has 10 heteroatoms. The van der Waals surface area contributed by atoms with Crippen LogP contribution in [0.2, 0.25) is 0 Å². The molecule has 3 heterocycles. The van der Waals surface area contributed by atoms with Gasteiger partial charge in [0.2, 0.25) is 0 Å². The molecule has 0 saturated carbocycles. The molecule has 2 aromatic heterocycles. The molecule has 10 nitrogen and oxygen atoms in total. The molecule has 1 fully saturated rings. The van der Waals surface area contributed by atoms with E-state index in [1.165, 1.54) is 17.2 Å². The molecule has 1 saturated heterocycles. The number of carbonyl (C=O) groups excluding carboxylic acids is 2. The highest BCUT2D eigenvalue weighted by atomic mass is 16.5. The lowest BCUT2D eigenvalue weighted by Crippen LogP contribution is -2.37. The van der Waals surface area contributed by atoms with Crippen molar-refractivity contribution in [2.75, 3.05) is 43.1 Å². The van der Waals surface area contributed by atoms with Crippen molar-refractivity contribution < 1.29 is 19.1 Å². The Morgan fingerprint density at radius 2 is 2.08 bits per heavy atom. The summed E-state index contributed by atoms with van der Waals surface area (Å²) in [6.45, 7) is 4.57. The molecule has 26 heavy (non-hydrogen) atoms. The first kappa shape index (κ1) is 17.8. The van der Waals surface area contributed by atoms with Gasteiger partial charge in [0, 0.05) is 26.2 Å². The number of aromatic nitrogens is 4. The number of morpholine rings is 1. The molecule has 0 aromatic carbocycles. The maximum Gasteiger partial charge on any atom is 0.343 e. The van der Waals surface area contributed by atoms with Gasteiger partial charge in [-0.1, -0.05) is 0 Å². The van der Waals surface area contributed by atoms with Crippen molar-refractivity contribution >= 4 is 23.5 Å². The third-order valence-electron chi connectivity index (χ3n) is 3.89. The van der Waals surface area contributed by atoms with Crippen LogP contribution in [0.3, 0.4) is 0 Å². The quantitative estimate of drug-likeness (QED) is 0.766. The third-order valence-corrected chi connectivity index (χ3v) is 3.89. The van der Waals surface area contributed by atoms with Gasteiger partial charge >= 0.3 is 5.97 Å². The van der Waals surface area contributed by atoms with E-state index >= 15 is 0 Å². The van der Waals surface area contributed by atoms with Crippen LogP contribution >= 0.6 is 0 Å². The van der Waals surface area contributed by atoms with Crippen LogP contribution in [0.25, 0.3) is 0 Å². The first-order valence-corrected chi connectivity index (χ1v) is 8.25. The van der Waals surface area contributed by atoms with Crippen LogP contribution < -0.4 is 10.2 Å². The number of amides is 1. The molecule has 2 aromatic rings. The lowest BCUT2D eigenvalue weighted by molar-refractivity contribution is 0.0527. The lowest BCUT2D eigenvalue weighted by Gasteiger charge is -2.27. The molecule has 0 radical (unpaired) electrons. The minimum atomic E-state index is -0.549. The fraction of sp³-hybridized carbons (Fsp3) is 0.438. The van der Waals surface area contributed by atoms with E-state index in [0.717, 1.165) is 0 Å². The van der Waals surface area contributed by atoms with Crippen LogP contribution in [0.1, 0.15) is 27.8 Å². The van der Waals surface area contributed by atoms with Crippen molar-refractivity contribution in [2.24, 2.45) is 7.05 Å². The second kappa shape index (κ2) is 7.91. The number of hydrogen-bond acceptors (Lipinski definition) is 8. The number of nitrogens with zero attached hydrogens (tertiary/aromatic N) is 5. The van der Waals surface area contributed by atoms with E-state index in [0.29, 0.717) is 32.1 Å². The van der Waals surface area contributed by atoms with Crippen LogP contribution in [-0.2, 0) is 16.5 Å². The van der Waals surface area contributed by atoms with Crippen molar-refractivity contribution in [3.63, 3.8) is 0 Å². The number of nitrogens with one attached hydrogen (secondary N) is 1. The minimum Gasteiger partial charge on any atom is -0.462 e. The molecular weight excluding hydrogens is 340 g/mol. The smallest absolute Gasteiger partial charge is 0.343 e. The number of aryl methyl sites for hydroxylation is 1. The van der Waals surface area contributed by atoms with E-state index in [9.17, 15) is 9.59 Å². The average Bonchev–Trinajstić information content (AvgIpc) is 3.03. The number of anilines is 2. The molecule has 1 N–H and O–H groups in total. The zero-order valence-electron chi connectivity index (χ0n) is 14.6. The number of esters is 1. The Balaban J connectivity index is 1.78. The van der Waals surface area contributed by atoms with E-state index in [1.54, 1.807) is 20.0 Å². The second-order valence-electron chi connectivity index (χ2n) is 5.57. The normalized spacial score (nSPS) is 14.2. The maximum absolute atomic E-state index is 12.6. The van der Waals surface area contributed by atoms with Gasteiger partial charge in [-0.2, -0.15) is 5.10 Å². The van der Waals surface area contributed by atoms with Crippen LogP contribution in [0.5, 0.6) is 0 Å². The SMILES string of the molecule is CCOC(=O)c1cnn(C)c1NC(=O)c1cc(N2CCOCC2)ncn1. The monoisotopic (exact) mass is 360 g/mol. The summed E-state index contributed by atoms with van der Waals surface area (Å²) in [5.74, 6) is -0.104. The summed E-state index contributed by atoms with van der Waals surface area (Å²) in [7, 11) is 1.62. The fourth-order valence-corrected chi connectivity index (χ4v) is 2.55. The molecule has 0 spiro atoms. The molecule has 0 atom stereocenters. The van der Waals surface area contributed by atoms with Gasteiger partial charge in [0.1, 0.15) is 29.2 Å². The van der Waals surface area contributed by atoms with Gasteiger partial charge in [0.05, 0.1) is 26.0 Å². The molecule has 3 rings (SSSR count). The van der Waals surface area contributed by atoms with Crippen molar-refractivity contribution in [2.45, 2.75) is 6.92 Å². The minimum absolute atomic E-state index is 0.185. The zero-order valence-corrected chi connectivity index (χ0v) is 14.6. The second-order valence-corrected chi connectivity index (χ2v) is 5.57. The Morgan fingerprint density at radius 3 is 2.81 bits per heavy atom. The van der Waals surface area contributed by atoms with Gasteiger partial charge in [-0.15, -0.1) is 0 Å². The Morgan fingerprint density at radius 1 is 1.31 bits per heavy atom. The van der Waals surface area contributed by atoms with Gasteiger partial charge in [0.25, 0.3) is 5.91 Å². The summed E-state index contributed by atoms with van der Waals surface area (Å²) in [6, 6.07) is 1.61. The van der Waals surface area contributed by atoms with Gasteiger partial charge in [0.15, 0.2) is 0 Å². The first-order chi connectivity index (χ1) is 12.6. The highest BCUT2D eigenvalue weighted by molar-refractivity contribution is 6.06. The van der Waals surface area contributed by atoms with Crippen molar-refractivity contribution in [3.05, 3.63) is 29.8 Å². The number of rotatable bonds is 5. The summed E-state index contributed by atoms with van der Waals surface area (Å²) in [5, 5.41) is 6.68. The fourth-order valence-electron chi connectivity index (χ4n) is 2.55. The zero-order chi connectivity index (χ0) is 18.5. The number of carbonyl (C=O) groups is 2. The first-order valence-electron chi connectivity index (χ1n) is 8.25. The summed E-state index contributed by atoms with van der Waals surface area (Å²) in [6.07, 6.45) is 2.70. The summed E-state index contributed by atoms with van der Waals surface area (Å²) in [5.41, 5.74) is 0.377. The maximum atomic E-state index is 12.6. The Hall–Kier alpha value is -3.01. The van der Waals surface area contributed by atoms with Gasteiger partial charge in [-0.25, -0.2) is 14.8 Å². The van der Waals surface area contributed by atoms with Crippen molar-refractivity contribution in [1.82, 2.24) is 19.7 Å². The van der Waals surface area contributed by atoms with Crippen LogP contribution in [0.15, 0.2) is 18.6 Å². The van der Waals surface area contributed by atoms with E-state index < -0.39 is 11.9 Å². The highest BCUT2D eigenvalue weighted by Gasteiger charge is 2.21. The Labute approximate surface area is 150 Å². The van der Waals surface area contributed by atoms with E-state index in [4.69, 9.17) is 9.47 Å². The van der Waals surface area contributed by atoms with E-state index in [2.05, 4.69) is 20.4 Å². The highest BCUT2D eigenvalue weighted by Crippen LogP contribution is 2.18. The molecule has 0 bridgehead atoms. The predicted molar refractivity (Wildman–Crippen MR) is 92.2 cm³/mol. The molecule has 138 valence electrons. The topological polar surface area (TPSA) is 111 Å². The summed E-state index contributed by atoms with van der Waals surface area (Å²) >= 11 is 0. The molecular formula is C16H20N6O4. The summed E-state index contributed by atoms with van der Waals surface area (Å²) < 4.78 is 11.7. The molecule has 1 aliphatic rings. The standard InChI is InChI=1S/C16H20N6O4/c1-3-26-16(24)11-9-19-21(2)14(11)20-15(23)12-8-13(18-10-17-12)22-4-6-25-7-5-22/h8-10H,3-7H2,1-2H3,(H,20,23). The molecule has 1 amide bonds. The van der Waals surface area contributed by atoms with Crippen molar-refractivity contribution in [3.8, 4) is 0 Å². The summed E-state index contributed by atoms with van der Waals surface area (Å²) in [4.78, 5) is 34.9. The largest absolute Gasteiger partial charge is 0.462 e. The van der Waals surface area contributed by atoms with Crippen LogP contribution in [-0.4, -0.2) is 64.5 Å². The molecule has 0 aliphatic carbocycles. The van der Waals surface area contributed by atoms with Crippen LogP contribution in [0, 0.1) is 0 Å². The average molecular weight is 360 g/mol. The Kier molecular flexibility index (Phi) is 5.42. The predicted octanol–water partition coefficient (Wildman–Crippen LogP) is 0.476. The van der Waals surface area contributed by atoms with Gasteiger partial charge in [-0.05, 0) is 6.92 Å². The third kappa shape index (κ3) is 3.80. The van der Waals surface area contributed by atoms with Crippen LogP contribution in [0.4, 0.5) is 11.6 Å². The van der Waals surface area contributed by atoms with E-state index in [-0.39, 0.29) is 23.7 Å². The van der Waals surface area contributed by atoms with Crippen molar-refractivity contribution in [1.29, 1.82) is 0 Å². The van der Waals surface area contributed by atoms with Gasteiger partial charge < -0.3 is 19.7 Å². The van der Waals surface area contributed by atoms with Gasteiger partial charge in [-0.3, -0.25) is 9.48 Å².